The second-order valence-corrected chi connectivity index (χ2v) is 5.68. The summed E-state index contributed by atoms with van der Waals surface area (Å²) in [6, 6.07) is 11.0. The first-order valence-electron chi connectivity index (χ1n) is 8.47. The molecule has 118 valence electrons. The van der Waals surface area contributed by atoms with Crippen LogP contribution in [0.25, 0.3) is 6.08 Å². The molecule has 1 aromatic carbocycles. The molecule has 2 nitrogen and oxygen atoms in total. The van der Waals surface area contributed by atoms with Crippen LogP contribution in [0, 0.1) is 0 Å². The highest BCUT2D eigenvalue weighted by Crippen LogP contribution is 2.10. The van der Waals surface area contributed by atoms with E-state index in [1.165, 1.54) is 44.3 Å². The Morgan fingerprint density at radius 3 is 2.19 bits per heavy atom. The van der Waals surface area contributed by atoms with Crippen molar-refractivity contribution in [2.45, 2.75) is 52.0 Å². The van der Waals surface area contributed by atoms with Crippen molar-refractivity contribution in [3.05, 3.63) is 42.0 Å². The molecular formula is C19H32N2. The van der Waals surface area contributed by atoms with Crippen LogP contribution in [0.2, 0.25) is 0 Å². The fraction of sp³-hybridized carbons (Fsp3) is 0.579. The first-order valence-corrected chi connectivity index (χ1v) is 8.47. The lowest BCUT2D eigenvalue weighted by Crippen LogP contribution is -2.41. The molecule has 0 heterocycles. The fourth-order valence-electron chi connectivity index (χ4n) is 2.52. The minimum absolute atomic E-state index is 0.475. The Kier molecular flexibility index (Phi) is 9.84. The molecule has 1 unspecified atom stereocenters. The zero-order valence-corrected chi connectivity index (χ0v) is 13.8. The summed E-state index contributed by atoms with van der Waals surface area (Å²) in [5, 5.41) is 0. The maximum Gasteiger partial charge on any atom is 0.0252 e. The summed E-state index contributed by atoms with van der Waals surface area (Å²) >= 11 is 0. The van der Waals surface area contributed by atoms with E-state index in [2.05, 4.69) is 61.2 Å². The highest BCUT2D eigenvalue weighted by Gasteiger charge is 2.14. The first-order chi connectivity index (χ1) is 10.3. The second kappa shape index (κ2) is 11.5. The molecule has 0 aliphatic heterocycles. The maximum absolute atomic E-state index is 6.02. The lowest BCUT2D eigenvalue weighted by Gasteiger charge is -2.30. The van der Waals surface area contributed by atoms with Crippen molar-refractivity contribution in [3.8, 4) is 0 Å². The Morgan fingerprint density at radius 2 is 1.67 bits per heavy atom. The molecular weight excluding hydrogens is 256 g/mol. The number of rotatable bonds is 11. The van der Waals surface area contributed by atoms with Gasteiger partial charge in [0.2, 0.25) is 0 Å². The molecule has 0 fully saturated rings. The Labute approximate surface area is 131 Å². The minimum Gasteiger partial charge on any atom is -0.329 e. The summed E-state index contributed by atoms with van der Waals surface area (Å²) in [4.78, 5) is 2.59. The number of hydrogen-bond donors (Lipinski definition) is 1. The molecule has 0 aromatic heterocycles. The van der Waals surface area contributed by atoms with Crippen molar-refractivity contribution in [2.75, 3.05) is 19.6 Å². The van der Waals surface area contributed by atoms with Gasteiger partial charge < -0.3 is 5.73 Å². The van der Waals surface area contributed by atoms with Gasteiger partial charge >= 0.3 is 0 Å². The van der Waals surface area contributed by atoms with Gasteiger partial charge in [-0.1, -0.05) is 69.2 Å². The molecule has 0 aliphatic carbocycles. The van der Waals surface area contributed by atoms with Crippen LogP contribution in [0.4, 0.5) is 0 Å². The predicted octanol–water partition coefficient (Wildman–Crippen LogP) is 4.32. The van der Waals surface area contributed by atoms with Crippen molar-refractivity contribution < 1.29 is 0 Å². The number of hydrogen-bond acceptors (Lipinski definition) is 2. The third kappa shape index (κ3) is 7.45. The minimum atomic E-state index is 0.475. The van der Waals surface area contributed by atoms with Crippen LogP contribution in [-0.2, 0) is 0 Å². The topological polar surface area (TPSA) is 29.3 Å². The number of nitrogens with two attached hydrogens (primary N) is 1. The van der Waals surface area contributed by atoms with Crippen molar-refractivity contribution in [1.82, 2.24) is 4.90 Å². The zero-order chi connectivity index (χ0) is 15.3. The molecule has 0 aliphatic rings. The zero-order valence-electron chi connectivity index (χ0n) is 13.8. The van der Waals surface area contributed by atoms with Gasteiger partial charge in [0, 0.05) is 12.6 Å². The van der Waals surface area contributed by atoms with Gasteiger partial charge in [-0.25, -0.2) is 0 Å². The van der Waals surface area contributed by atoms with Crippen LogP contribution >= 0.6 is 0 Å². The summed E-state index contributed by atoms with van der Waals surface area (Å²) in [6.07, 6.45) is 10.6. The molecule has 1 atom stereocenters. The largest absolute Gasteiger partial charge is 0.329 e. The van der Waals surface area contributed by atoms with Gasteiger partial charge in [0.1, 0.15) is 0 Å². The van der Waals surface area contributed by atoms with Crippen molar-refractivity contribution >= 4 is 6.08 Å². The highest BCUT2D eigenvalue weighted by atomic mass is 15.2. The molecule has 1 rings (SSSR count). The number of unbranched alkanes of at least 4 members (excludes halogenated alkanes) is 2. The van der Waals surface area contributed by atoms with Gasteiger partial charge in [-0.05, 0) is 37.9 Å². The van der Waals surface area contributed by atoms with Crippen LogP contribution in [-0.4, -0.2) is 30.6 Å². The maximum atomic E-state index is 6.02. The smallest absolute Gasteiger partial charge is 0.0252 e. The fourth-order valence-corrected chi connectivity index (χ4v) is 2.52. The van der Waals surface area contributed by atoms with Crippen LogP contribution in [0.3, 0.4) is 0 Å². The monoisotopic (exact) mass is 288 g/mol. The van der Waals surface area contributed by atoms with E-state index in [9.17, 15) is 0 Å². The van der Waals surface area contributed by atoms with E-state index in [-0.39, 0.29) is 0 Å². The van der Waals surface area contributed by atoms with Crippen LogP contribution in [0.15, 0.2) is 36.4 Å². The summed E-state index contributed by atoms with van der Waals surface area (Å²) in [5.41, 5.74) is 7.29. The van der Waals surface area contributed by atoms with E-state index in [1.807, 2.05) is 0 Å². The summed E-state index contributed by atoms with van der Waals surface area (Å²) in [5.74, 6) is 0. The molecule has 21 heavy (non-hydrogen) atoms. The molecule has 0 saturated heterocycles. The quantitative estimate of drug-likeness (QED) is 0.657. The SMILES string of the molecule is CCCCN(CCCC)C(CN)C/C=C\c1ccccc1. The van der Waals surface area contributed by atoms with Gasteiger partial charge in [0.05, 0.1) is 0 Å². The molecule has 0 saturated carbocycles. The predicted molar refractivity (Wildman–Crippen MR) is 94.3 cm³/mol. The Hall–Kier alpha value is -1.12. The summed E-state index contributed by atoms with van der Waals surface area (Å²) in [7, 11) is 0. The molecule has 0 radical (unpaired) electrons. The van der Waals surface area contributed by atoms with Crippen molar-refractivity contribution in [2.24, 2.45) is 5.73 Å². The van der Waals surface area contributed by atoms with Gasteiger partial charge in [-0.2, -0.15) is 0 Å². The van der Waals surface area contributed by atoms with E-state index >= 15 is 0 Å². The van der Waals surface area contributed by atoms with E-state index in [1.54, 1.807) is 0 Å². The highest BCUT2D eigenvalue weighted by molar-refractivity contribution is 5.48. The van der Waals surface area contributed by atoms with Gasteiger partial charge in [0.25, 0.3) is 0 Å². The second-order valence-electron chi connectivity index (χ2n) is 5.68. The van der Waals surface area contributed by atoms with Crippen LogP contribution in [0.5, 0.6) is 0 Å². The molecule has 0 amide bonds. The van der Waals surface area contributed by atoms with Crippen molar-refractivity contribution in [1.29, 1.82) is 0 Å². The number of benzene rings is 1. The average Bonchev–Trinajstić information content (AvgIpc) is 2.53. The Bertz CT molecular complexity index is 364. The van der Waals surface area contributed by atoms with E-state index in [0.29, 0.717) is 6.04 Å². The standard InChI is InChI=1S/C19H32N2/c1-3-5-15-21(16-6-4-2)19(17-20)14-10-13-18-11-8-7-9-12-18/h7-13,19H,3-6,14-17,20H2,1-2H3/b13-10-. The molecule has 1 aromatic rings. The molecule has 0 spiro atoms. The normalized spacial score (nSPS) is 13.1. The van der Waals surface area contributed by atoms with Crippen LogP contribution in [0.1, 0.15) is 51.5 Å². The van der Waals surface area contributed by atoms with E-state index in [4.69, 9.17) is 5.73 Å². The Balaban J connectivity index is 2.54. The lowest BCUT2D eigenvalue weighted by molar-refractivity contribution is 0.195. The van der Waals surface area contributed by atoms with Gasteiger partial charge in [0.15, 0.2) is 0 Å². The third-order valence-electron chi connectivity index (χ3n) is 3.90. The first kappa shape index (κ1) is 17.9. The lowest BCUT2D eigenvalue weighted by atomic mass is 10.1. The average molecular weight is 288 g/mol. The molecule has 0 bridgehead atoms. The number of nitrogens with zero attached hydrogens (tertiary/aromatic N) is 1. The van der Waals surface area contributed by atoms with Crippen molar-refractivity contribution in [3.63, 3.8) is 0 Å². The Morgan fingerprint density at radius 1 is 1.05 bits per heavy atom. The summed E-state index contributed by atoms with van der Waals surface area (Å²) < 4.78 is 0. The van der Waals surface area contributed by atoms with Gasteiger partial charge in [-0.15, -0.1) is 0 Å². The van der Waals surface area contributed by atoms with Crippen LogP contribution < -0.4 is 5.73 Å². The third-order valence-corrected chi connectivity index (χ3v) is 3.90. The summed E-state index contributed by atoms with van der Waals surface area (Å²) in [6.45, 7) is 7.61. The van der Waals surface area contributed by atoms with E-state index in [0.717, 1.165) is 13.0 Å². The van der Waals surface area contributed by atoms with E-state index < -0.39 is 0 Å². The molecule has 2 heteroatoms. The molecule has 2 N–H and O–H groups in total. The van der Waals surface area contributed by atoms with Gasteiger partial charge in [-0.3, -0.25) is 4.90 Å².